The van der Waals surface area contributed by atoms with Crippen LogP contribution >= 0.6 is 0 Å². The fourth-order valence-electron chi connectivity index (χ4n) is 2.01. The Kier molecular flexibility index (Phi) is 6.12. The van der Waals surface area contributed by atoms with Crippen molar-refractivity contribution >= 4 is 11.9 Å². The Morgan fingerprint density at radius 1 is 1.56 bits per heavy atom. The SMILES string of the molecule is CC(C)COCCCN1CC(C(=O)O)CCC1=O. The molecule has 5 nitrogen and oxygen atoms in total. The second-order valence-electron chi connectivity index (χ2n) is 5.24. The van der Waals surface area contributed by atoms with Crippen molar-refractivity contribution in [1.29, 1.82) is 0 Å². The number of hydrogen-bond acceptors (Lipinski definition) is 3. The molecule has 1 N–H and O–H groups in total. The molecule has 1 heterocycles. The molecule has 1 fully saturated rings. The fraction of sp³-hybridized carbons (Fsp3) is 0.846. The lowest BCUT2D eigenvalue weighted by molar-refractivity contribution is -0.147. The zero-order valence-corrected chi connectivity index (χ0v) is 11.2. The minimum atomic E-state index is -0.802. The standard InChI is InChI=1S/C13H23NO4/c1-10(2)9-18-7-3-6-14-8-11(13(16)17)4-5-12(14)15/h10-11H,3-9H2,1-2H3,(H,16,17). The van der Waals surface area contributed by atoms with Crippen molar-refractivity contribution < 1.29 is 19.4 Å². The van der Waals surface area contributed by atoms with Gasteiger partial charge in [0.2, 0.25) is 5.91 Å². The van der Waals surface area contributed by atoms with Gasteiger partial charge in [-0.3, -0.25) is 9.59 Å². The summed E-state index contributed by atoms with van der Waals surface area (Å²) in [4.78, 5) is 24.2. The third kappa shape index (κ3) is 5.04. The number of carbonyl (C=O) groups is 2. The lowest BCUT2D eigenvalue weighted by atomic mass is 9.98. The smallest absolute Gasteiger partial charge is 0.308 e. The predicted octanol–water partition coefficient (Wildman–Crippen LogP) is 1.37. The van der Waals surface area contributed by atoms with Gasteiger partial charge in [-0.05, 0) is 18.8 Å². The van der Waals surface area contributed by atoms with E-state index in [1.54, 1.807) is 4.90 Å². The normalized spacial score (nSPS) is 20.5. The molecule has 0 radical (unpaired) electrons. The van der Waals surface area contributed by atoms with Crippen LogP contribution in [0.2, 0.25) is 0 Å². The van der Waals surface area contributed by atoms with Crippen molar-refractivity contribution in [2.45, 2.75) is 33.1 Å². The van der Waals surface area contributed by atoms with Crippen molar-refractivity contribution in [1.82, 2.24) is 4.90 Å². The van der Waals surface area contributed by atoms with Crippen LogP contribution in [0.3, 0.4) is 0 Å². The number of carboxylic acid groups (broad SMARTS) is 1. The van der Waals surface area contributed by atoms with E-state index in [0.29, 0.717) is 38.5 Å². The molecule has 18 heavy (non-hydrogen) atoms. The van der Waals surface area contributed by atoms with Crippen LogP contribution < -0.4 is 0 Å². The first kappa shape index (κ1) is 15.0. The molecule has 1 saturated heterocycles. The van der Waals surface area contributed by atoms with Gasteiger partial charge in [0.25, 0.3) is 0 Å². The van der Waals surface area contributed by atoms with Gasteiger partial charge in [-0.25, -0.2) is 0 Å². The van der Waals surface area contributed by atoms with E-state index in [0.717, 1.165) is 13.0 Å². The van der Waals surface area contributed by atoms with E-state index in [1.165, 1.54) is 0 Å². The van der Waals surface area contributed by atoms with E-state index in [-0.39, 0.29) is 5.91 Å². The lowest BCUT2D eigenvalue weighted by Crippen LogP contribution is -2.43. The number of amides is 1. The Morgan fingerprint density at radius 2 is 2.28 bits per heavy atom. The zero-order chi connectivity index (χ0) is 13.5. The number of carbonyl (C=O) groups excluding carboxylic acids is 1. The van der Waals surface area contributed by atoms with E-state index in [4.69, 9.17) is 9.84 Å². The first-order valence-electron chi connectivity index (χ1n) is 6.59. The number of aliphatic carboxylic acids is 1. The topological polar surface area (TPSA) is 66.8 Å². The number of nitrogens with zero attached hydrogens (tertiary/aromatic N) is 1. The highest BCUT2D eigenvalue weighted by Crippen LogP contribution is 2.17. The van der Waals surface area contributed by atoms with E-state index in [1.807, 2.05) is 0 Å². The summed E-state index contributed by atoms with van der Waals surface area (Å²) in [5.74, 6) is -0.628. The van der Waals surface area contributed by atoms with Gasteiger partial charge in [-0.15, -0.1) is 0 Å². The summed E-state index contributed by atoms with van der Waals surface area (Å²) in [5.41, 5.74) is 0. The van der Waals surface area contributed by atoms with Gasteiger partial charge in [0, 0.05) is 32.7 Å². The highest BCUT2D eigenvalue weighted by Gasteiger charge is 2.29. The van der Waals surface area contributed by atoms with Crippen LogP contribution in [-0.4, -0.2) is 48.2 Å². The maximum absolute atomic E-state index is 11.6. The molecule has 1 unspecified atom stereocenters. The third-order valence-corrected chi connectivity index (χ3v) is 3.02. The molecule has 0 aromatic carbocycles. The summed E-state index contributed by atoms with van der Waals surface area (Å²) < 4.78 is 5.44. The molecule has 1 rings (SSSR count). The molecule has 0 bridgehead atoms. The molecule has 0 aromatic heterocycles. The zero-order valence-electron chi connectivity index (χ0n) is 11.2. The number of hydrogen-bond donors (Lipinski definition) is 1. The second-order valence-corrected chi connectivity index (χ2v) is 5.24. The number of likely N-dealkylation sites (tertiary alicyclic amines) is 1. The molecule has 0 aliphatic carbocycles. The highest BCUT2D eigenvalue weighted by atomic mass is 16.5. The molecule has 0 spiro atoms. The summed E-state index contributed by atoms with van der Waals surface area (Å²) in [6.45, 7) is 6.47. The Hall–Kier alpha value is -1.10. The van der Waals surface area contributed by atoms with Crippen molar-refractivity contribution in [2.75, 3.05) is 26.3 Å². The van der Waals surface area contributed by atoms with Gasteiger partial charge in [-0.2, -0.15) is 0 Å². The van der Waals surface area contributed by atoms with Crippen LogP contribution in [0.4, 0.5) is 0 Å². The molecule has 1 aliphatic heterocycles. The van der Waals surface area contributed by atoms with Gasteiger partial charge in [0.05, 0.1) is 5.92 Å². The predicted molar refractivity (Wildman–Crippen MR) is 67.2 cm³/mol. The minimum absolute atomic E-state index is 0.0661. The molecular formula is C13H23NO4. The van der Waals surface area contributed by atoms with Crippen LogP contribution in [-0.2, 0) is 14.3 Å². The number of carboxylic acids is 1. The van der Waals surface area contributed by atoms with Crippen LogP contribution in [0.25, 0.3) is 0 Å². The Morgan fingerprint density at radius 3 is 2.89 bits per heavy atom. The average molecular weight is 257 g/mol. The number of ether oxygens (including phenoxy) is 1. The largest absolute Gasteiger partial charge is 0.481 e. The summed E-state index contributed by atoms with van der Waals surface area (Å²) in [6.07, 6.45) is 1.59. The van der Waals surface area contributed by atoms with Gasteiger partial charge in [0.15, 0.2) is 0 Å². The second kappa shape index (κ2) is 7.36. The molecule has 1 amide bonds. The monoisotopic (exact) mass is 257 g/mol. The van der Waals surface area contributed by atoms with Crippen molar-refractivity contribution in [3.05, 3.63) is 0 Å². The molecule has 0 saturated carbocycles. The van der Waals surface area contributed by atoms with Crippen LogP contribution in [0, 0.1) is 11.8 Å². The summed E-state index contributed by atoms with van der Waals surface area (Å²) in [5, 5.41) is 8.95. The van der Waals surface area contributed by atoms with E-state index < -0.39 is 11.9 Å². The summed E-state index contributed by atoms with van der Waals surface area (Å²) >= 11 is 0. The first-order chi connectivity index (χ1) is 8.50. The number of piperidine rings is 1. The quantitative estimate of drug-likeness (QED) is 0.700. The minimum Gasteiger partial charge on any atom is -0.481 e. The maximum Gasteiger partial charge on any atom is 0.308 e. The highest BCUT2D eigenvalue weighted by molar-refractivity contribution is 5.80. The summed E-state index contributed by atoms with van der Waals surface area (Å²) in [7, 11) is 0. The van der Waals surface area contributed by atoms with Crippen LogP contribution in [0.5, 0.6) is 0 Å². The van der Waals surface area contributed by atoms with Crippen LogP contribution in [0.1, 0.15) is 33.1 Å². The Bertz CT molecular complexity index is 291. The van der Waals surface area contributed by atoms with E-state index >= 15 is 0 Å². The van der Waals surface area contributed by atoms with Gasteiger partial charge in [-0.1, -0.05) is 13.8 Å². The maximum atomic E-state index is 11.6. The molecule has 1 atom stereocenters. The first-order valence-corrected chi connectivity index (χ1v) is 6.59. The van der Waals surface area contributed by atoms with Gasteiger partial charge < -0.3 is 14.7 Å². The van der Waals surface area contributed by atoms with E-state index in [9.17, 15) is 9.59 Å². The number of rotatable bonds is 7. The van der Waals surface area contributed by atoms with E-state index in [2.05, 4.69) is 13.8 Å². The lowest BCUT2D eigenvalue weighted by Gasteiger charge is -2.30. The Balaban J connectivity index is 2.23. The van der Waals surface area contributed by atoms with Crippen molar-refractivity contribution in [2.24, 2.45) is 11.8 Å². The molecule has 0 aromatic rings. The molecule has 1 aliphatic rings. The third-order valence-electron chi connectivity index (χ3n) is 3.02. The van der Waals surface area contributed by atoms with Crippen LogP contribution in [0.15, 0.2) is 0 Å². The average Bonchev–Trinajstić information content (AvgIpc) is 2.30. The molecular weight excluding hydrogens is 234 g/mol. The van der Waals surface area contributed by atoms with Crippen molar-refractivity contribution in [3.63, 3.8) is 0 Å². The fourth-order valence-corrected chi connectivity index (χ4v) is 2.01. The van der Waals surface area contributed by atoms with Gasteiger partial charge in [0.1, 0.15) is 0 Å². The molecule has 5 heteroatoms. The Labute approximate surface area is 108 Å². The molecule has 104 valence electrons. The summed E-state index contributed by atoms with van der Waals surface area (Å²) in [6, 6.07) is 0. The van der Waals surface area contributed by atoms with Gasteiger partial charge >= 0.3 is 5.97 Å². The van der Waals surface area contributed by atoms with Crippen molar-refractivity contribution in [3.8, 4) is 0 Å².